The van der Waals surface area contributed by atoms with E-state index in [1.807, 2.05) is 22.9 Å². The van der Waals surface area contributed by atoms with Crippen LogP contribution >= 0.6 is 22.7 Å². The summed E-state index contributed by atoms with van der Waals surface area (Å²) >= 11 is 2.93. The number of sulfone groups is 1. The number of rotatable bonds is 4. The Bertz CT molecular complexity index is 1180. The van der Waals surface area contributed by atoms with Crippen LogP contribution in [-0.2, 0) is 21.2 Å². The van der Waals surface area contributed by atoms with Crippen LogP contribution in [0.25, 0.3) is 20.7 Å². The van der Waals surface area contributed by atoms with Crippen molar-refractivity contribution in [1.82, 2.24) is 14.9 Å². The van der Waals surface area contributed by atoms with Gasteiger partial charge in [0.1, 0.15) is 11.4 Å². The summed E-state index contributed by atoms with van der Waals surface area (Å²) in [4.78, 5) is 31.3. The Morgan fingerprint density at radius 3 is 2.89 bits per heavy atom. The Morgan fingerprint density at radius 1 is 1.41 bits per heavy atom. The molecular formula is C17H17N3O4S3. The zero-order valence-electron chi connectivity index (χ0n) is 14.5. The molecular weight excluding hydrogens is 406 g/mol. The Labute approximate surface area is 163 Å². The number of fused-ring (bicyclic) bond motifs is 1. The molecule has 1 amide bonds. The maximum absolute atomic E-state index is 12.9. The summed E-state index contributed by atoms with van der Waals surface area (Å²) in [5.41, 5.74) is -0.239. The molecule has 4 heterocycles. The van der Waals surface area contributed by atoms with Crippen molar-refractivity contribution in [3.63, 3.8) is 0 Å². The van der Waals surface area contributed by atoms with E-state index in [1.165, 1.54) is 33.6 Å². The Balaban J connectivity index is 1.61. The van der Waals surface area contributed by atoms with Crippen molar-refractivity contribution in [3.8, 4) is 10.4 Å². The molecule has 1 saturated heterocycles. The van der Waals surface area contributed by atoms with E-state index in [2.05, 4.69) is 10.3 Å². The molecule has 3 aromatic rings. The monoisotopic (exact) mass is 423 g/mol. The predicted octanol–water partition coefficient (Wildman–Crippen LogP) is 1.88. The third-order valence-electron chi connectivity index (χ3n) is 4.61. The minimum absolute atomic E-state index is 0.0658. The number of amides is 1. The Morgan fingerprint density at radius 2 is 2.22 bits per heavy atom. The van der Waals surface area contributed by atoms with Crippen molar-refractivity contribution < 1.29 is 13.2 Å². The number of carbonyl (C=O) groups is 1. The maximum atomic E-state index is 12.9. The number of carbonyl (C=O) groups excluding carboxylic acids is 1. The van der Waals surface area contributed by atoms with Gasteiger partial charge in [-0.3, -0.25) is 14.2 Å². The molecule has 1 N–H and O–H groups in total. The van der Waals surface area contributed by atoms with Gasteiger partial charge < -0.3 is 5.32 Å². The van der Waals surface area contributed by atoms with Gasteiger partial charge in [0.2, 0.25) is 5.91 Å². The highest BCUT2D eigenvalue weighted by Crippen LogP contribution is 2.33. The fourth-order valence-electron chi connectivity index (χ4n) is 3.33. The highest BCUT2D eigenvalue weighted by molar-refractivity contribution is 7.91. The molecule has 4 rings (SSSR count). The summed E-state index contributed by atoms with van der Waals surface area (Å²) < 4.78 is 24.7. The molecule has 27 heavy (non-hydrogen) atoms. The van der Waals surface area contributed by atoms with E-state index in [9.17, 15) is 18.0 Å². The summed E-state index contributed by atoms with van der Waals surface area (Å²) in [6, 6.07) is 3.86. The predicted molar refractivity (Wildman–Crippen MR) is 107 cm³/mol. The molecule has 7 nitrogen and oxygen atoms in total. The van der Waals surface area contributed by atoms with Gasteiger partial charge in [0, 0.05) is 15.8 Å². The SMILES string of the molecule is CC1(NC(=O)Cn2cnc3scc(-c4cccs4)c3c2=O)CCS(=O)(=O)C1. The zero-order valence-corrected chi connectivity index (χ0v) is 16.9. The molecule has 1 fully saturated rings. The first kappa shape index (κ1) is 18.3. The fraction of sp³-hybridized carbons (Fsp3) is 0.353. The number of hydrogen-bond acceptors (Lipinski definition) is 7. The van der Waals surface area contributed by atoms with Gasteiger partial charge in [-0.25, -0.2) is 13.4 Å². The summed E-state index contributed by atoms with van der Waals surface area (Å²) in [5, 5.41) is 7.12. The van der Waals surface area contributed by atoms with Crippen molar-refractivity contribution in [1.29, 1.82) is 0 Å². The molecule has 1 unspecified atom stereocenters. The third kappa shape index (κ3) is 3.56. The lowest BCUT2D eigenvalue weighted by atomic mass is 10.0. The number of nitrogens with one attached hydrogen (secondary N) is 1. The van der Waals surface area contributed by atoms with E-state index in [1.54, 1.807) is 6.92 Å². The first-order valence-corrected chi connectivity index (χ1v) is 11.9. The quantitative estimate of drug-likeness (QED) is 0.691. The van der Waals surface area contributed by atoms with E-state index in [4.69, 9.17) is 0 Å². The standard InChI is InChI=1S/C17H17N3O4S3/c1-17(4-6-27(23,24)9-17)19-13(21)7-20-10-18-15-14(16(20)22)11(8-26-15)12-3-2-5-25-12/h2-3,5,8,10H,4,6-7,9H2,1H3,(H,19,21). The minimum atomic E-state index is -3.13. The first-order chi connectivity index (χ1) is 12.8. The van der Waals surface area contributed by atoms with Gasteiger partial charge in [-0.05, 0) is 24.8 Å². The van der Waals surface area contributed by atoms with Crippen LogP contribution in [0.5, 0.6) is 0 Å². The van der Waals surface area contributed by atoms with Crippen LogP contribution in [0.3, 0.4) is 0 Å². The van der Waals surface area contributed by atoms with Crippen molar-refractivity contribution in [2.45, 2.75) is 25.4 Å². The lowest BCUT2D eigenvalue weighted by Gasteiger charge is -2.24. The van der Waals surface area contributed by atoms with Crippen LogP contribution in [0.15, 0.2) is 34.0 Å². The summed E-state index contributed by atoms with van der Waals surface area (Å²) in [7, 11) is -3.13. The Kier molecular flexibility index (Phi) is 4.44. The summed E-state index contributed by atoms with van der Waals surface area (Å²) in [6.45, 7) is 1.52. The van der Waals surface area contributed by atoms with Gasteiger partial charge in [-0.2, -0.15) is 0 Å². The van der Waals surface area contributed by atoms with Crippen LogP contribution in [0, 0.1) is 0 Å². The van der Waals surface area contributed by atoms with Crippen molar-refractivity contribution in [3.05, 3.63) is 39.6 Å². The van der Waals surface area contributed by atoms with Crippen molar-refractivity contribution in [2.24, 2.45) is 0 Å². The second-order valence-electron chi connectivity index (χ2n) is 6.94. The number of nitrogens with zero attached hydrogens (tertiary/aromatic N) is 2. The van der Waals surface area contributed by atoms with Crippen molar-refractivity contribution >= 4 is 48.6 Å². The fourth-order valence-corrected chi connectivity index (χ4v) is 7.15. The summed E-state index contributed by atoms with van der Waals surface area (Å²) in [5.74, 6) is -0.410. The highest BCUT2D eigenvalue weighted by Gasteiger charge is 2.39. The lowest BCUT2D eigenvalue weighted by molar-refractivity contribution is -0.123. The molecule has 142 valence electrons. The largest absolute Gasteiger partial charge is 0.348 e. The average molecular weight is 424 g/mol. The van der Waals surface area contributed by atoms with E-state index in [-0.39, 0.29) is 23.6 Å². The average Bonchev–Trinajstić information content (AvgIpc) is 3.28. The van der Waals surface area contributed by atoms with E-state index >= 15 is 0 Å². The van der Waals surface area contributed by atoms with Crippen LogP contribution in [0.2, 0.25) is 0 Å². The highest BCUT2D eigenvalue weighted by atomic mass is 32.2. The lowest BCUT2D eigenvalue weighted by Crippen LogP contribution is -2.48. The van der Waals surface area contributed by atoms with Gasteiger partial charge in [-0.1, -0.05) is 6.07 Å². The third-order valence-corrected chi connectivity index (χ3v) is 8.30. The number of thiophene rings is 2. The topological polar surface area (TPSA) is 98.1 Å². The van der Waals surface area contributed by atoms with Crippen molar-refractivity contribution in [2.75, 3.05) is 11.5 Å². The van der Waals surface area contributed by atoms with Crippen LogP contribution < -0.4 is 10.9 Å². The minimum Gasteiger partial charge on any atom is -0.348 e. The molecule has 1 atom stereocenters. The molecule has 1 aliphatic heterocycles. The molecule has 0 aliphatic carbocycles. The maximum Gasteiger partial charge on any atom is 0.263 e. The normalized spacial score (nSPS) is 21.5. The van der Waals surface area contributed by atoms with E-state index in [0.717, 1.165) is 10.4 Å². The van der Waals surface area contributed by atoms with Crippen LogP contribution in [0.4, 0.5) is 0 Å². The van der Waals surface area contributed by atoms with E-state index in [0.29, 0.717) is 16.6 Å². The van der Waals surface area contributed by atoms with Gasteiger partial charge in [-0.15, -0.1) is 22.7 Å². The molecule has 0 bridgehead atoms. The smallest absolute Gasteiger partial charge is 0.263 e. The first-order valence-electron chi connectivity index (χ1n) is 8.28. The summed E-state index contributed by atoms with van der Waals surface area (Å²) in [6.07, 6.45) is 1.74. The van der Waals surface area contributed by atoms with Gasteiger partial charge >= 0.3 is 0 Å². The molecule has 10 heteroatoms. The molecule has 0 spiro atoms. The van der Waals surface area contributed by atoms with Crippen LogP contribution in [-0.4, -0.2) is 40.9 Å². The molecule has 0 saturated carbocycles. The number of hydrogen-bond donors (Lipinski definition) is 1. The zero-order chi connectivity index (χ0) is 19.2. The second kappa shape index (κ2) is 6.54. The molecule has 1 aliphatic rings. The molecule has 0 aromatic carbocycles. The van der Waals surface area contributed by atoms with Crippen LogP contribution in [0.1, 0.15) is 13.3 Å². The molecule has 0 radical (unpaired) electrons. The Hall–Kier alpha value is -2.04. The van der Waals surface area contributed by atoms with Gasteiger partial charge in [0.05, 0.1) is 28.8 Å². The second-order valence-corrected chi connectivity index (χ2v) is 10.9. The number of aromatic nitrogens is 2. The molecule has 3 aromatic heterocycles. The van der Waals surface area contributed by atoms with Gasteiger partial charge in [0.15, 0.2) is 9.84 Å². The van der Waals surface area contributed by atoms with Gasteiger partial charge in [0.25, 0.3) is 5.56 Å². The van der Waals surface area contributed by atoms with E-state index < -0.39 is 21.3 Å².